The molecule has 1 saturated heterocycles. The van der Waals surface area contributed by atoms with Crippen LogP contribution in [0.25, 0.3) is 0 Å². The maximum Gasteiger partial charge on any atom is 0.0588 e. The fourth-order valence-electron chi connectivity index (χ4n) is 2.69. The van der Waals surface area contributed by atoms with E-state index in [2.05, 4.69) is 29.8 Å². The highest BCUT2D eigenvalue weighted by Crippen LogP contribution is 2.29. The Hall–Kier alpha value is -0.930. The predicted octanol–water partition coefficient (Wildman–Crippen LogP) is 2.16. The SMILES string of the molecule is CC1(C)CCCN(Cc2ncccc2CN)C1. The molecule has 1 fully saturated rings. The lowest BCUT2D eigenvalue weighted by atomic mass is 9.84. The number of hydrogen-bond acceptors (Lipinski definition) is 3. The van der Waals surface area contributed by atoms with Gasteiger partial charge in [0, 0.05) is 25.8 Å². The van der Waals surface area contributed by atoms with Gasteiger partial charge in [-0.2, -0.15) is 0 Å². The normalized spacial score (nSPS) is 20.4. The summed E-state index contributed by atoms with van der Waals surface area (Å²) in [4.78, 5) is 6.97. The van der Waals surface area contributed by atoms with Gasteiger partial charge in [0.05, 0.1) is 5.69 Å². The van der Waals surface area contributed by atoms with Gasteiger partial charge in [0.1, 0.15) is 0 Å². The van der Waals surface area contributed by atoms with Gasteiger partial charge in [-0.15, -0.1) is 0 Å². The summed E-state index contributed by atoms with van der Waals surface area (Å²) in [7, 11) is 0. The highest BCUT2D eigenvalue weighted by atomic mass is 15.1. The molecule has 0 atom stereocenters. The molecule has 1 aliphatic heterocycles. The lowest BCUT2D eigenvalue weighted by molar-refractivity contribution is 0.110. The molecule has 0 amide bonds. The standard InChI is InChI=1S/C14H23N3/c1-14(2)6-4-8-17(11-14)10-13-12(9-15)5-3-7-16-13/h3,5,7H,4,6,8-11,15H2,1-2H3. The van der Waals surface area contributed by atoms with Crippen molar-refractivity contribution in [2.75, 3.05) is 13.1 Å². The van der Waals surface area contributed by atoms with Crippen LogP contribution in [0.1, 0.15) is 37.9 Å². The molecule has 0 aromatic carbocycles. The van der Waals surface area contributed by atoms with Gasteiger partial charge in [-0.3, -0.25) is 9.88 Å². The lowest BCUT2D eigenvalue weighted by Gasteiger charge is -2.38. The Morgan fingerprint density at radius 3 is 3.00 bits per heavy atom. The van der Waals surface area contributed by atoms with Crippen molar-refractivity contribution in [2.24, 2.45) is 11.1 Å². The molecular weight excluding hydrogens is 210 g/mol. The van der Waals surface area contributed by atoms with Crippen molar-refractivity contribution in [1.29, 1.82) is 0 Å². The number of hydrogen-bond donors (Lipinski definition) is 1. The topological polar surface area (TPSA) is 42.2 Å². The van der Waals surface area contributed by atoms with E-state index in [4.69, 9.17) is 5.73 Å². The highest BCUT2D eigenvalue weighted by molar-refractivity contribution is 5.19. The van der Waals surface area contributed by atoms with E-state index < -0.39 is 0 Å². The first-order valence-electron chi connectivity index (χ1n) is 6.46. The molecule has 0 saturated carbocycles. The molecule has 2 heterocycles. The van der Waals surface area contributed by atoms with Crippen molar-refractivity contribution in [3.05, 3.63) is 29.6 Å². The van der Waals surface area contributed by atoms with Crippen molar-refractivity contribution >= 4 is 0 Å². The molecule has 94 valence electrons. The summed E-state index contributed by atoms with van der Waals surface area (Å²) in [5.41, 5.74) is 8.51. The number of piperidine rings is 1. The molecule has 3 nitrogen and oxygen atoms in total. The first kappa shape index (κ1) is 12.5. The molecule has 1 aromatic rings. The monoisotopic (exact) mass is 233 g/mol. The zero-order chi connectivity index (χ0) is 12.3. The Morgan fingerprint density at radius 2 is 2.29 bits per heavy atom. The number of aromatic nitrogens is 1. The molecule has 2 N–H and O–H groups in total. The molecule has 1 aliphatic rings. The summed E-state index contributed by atoms with van der Waals surface area (Å²) in [6.07, 6.45) is 4.48. The summed E-state index contributed by atoms with van der Waals surface area (Å²) in [6, 6.07) is 4.04. The van der Waals surface area contributed by atoms with Crippen LogP contribution in [0.3, 0.4) is 0 Å². The summed E-state index contributed by atoms with van der Waals surface area (Å²) >= 11 is 0. The molecule has 0 radical (unpaired) electrons. The van der Waals surface area contributed by atoms with Gasteiger partial charge in [0.2, 0.25) is 0 Å². The van der Waals surface area contributed by atoms with Gasteiger partial charge in [0.15, 0.2) is 0 Å². The van der Waals surface area contributed by atoms with E-state index in [0.29, 0.717) is 12.0 Å². The molecule has 17 heavy (non-hydrogen) atoms. The molecule has 0 bridgehead atoms. The third-order valence-electron chi connectivity index (χ3n) is 3.56. The summed E-state index contributed by atoms with van der Waals surface area (Å²) in [6.45, 7) is 8.57. The fraction of sp³-hybridized carbons (Fsp3) is 0.643. The molecule has 0 unspecified atom stereocenters. The Kier molecular flexibility index (Phi) is 3.79. The van der Waals surface area contributed by atoms with E-state index in [1.54, 1.807) is 0 Å². The Bertz CT molecular complexity index is 373. The number of likely N-dealkylation sites (tertiary alicyclic amines) is 1. The second-order valence-electron chi connectivity index (χ2n) is 5.79. The van der Waals surface area contributed by atoms with E-state index >= 15 is 0 Å². The van der Waals surface area contributed by atoms with E-state index in [1.165, 1.54) is 24.9 Å². The Morgan fingerprint density at radius 1 is 1.47 bits per heavy atom. The van der Waals surface area contributed by atoms with Crippen LogP contribution in [0.5, 0.6) is 0 Å². The van der Waals surface area contributed by atoms with Crippen LogP contribution in [0.2, 0.25) is 0 Å². The second kappa shape index (κ2) is 5.15. The first-order valence-corrected chi connectivity index (χ1v) is 6.46. The van der Waals surface area contributed by atoms with Gasteiger partial charge < -0.3 is 5.73 Å². The zero-order valence-corrected chi connectivity index (χ0v) is 10.9. The van der Waals surface area contributed by atoms with Crippen molar-refractivity contribution in [3.8, 4) is 0 Å². The molecule has 2 rings (SSSR count). The number of pyridine rings is 1. The third-order valence-corrected chi connectivity index (χ3v) is 3.56. The Labute approximate surface area is 104 Å². The molecule has 1 aromatic heterocycles. The van der Waals surface area contributed by atoms with Crippen LogP contribution in [0.15, 0.2) is 18.3 Å². The van der Waals surface area contributed by atoms with Crippen molar-refractivity contribution < 1.29 is 0 Å². The minimum Gasteiger partial charge on any atom is -0.326 e. The van der Waals surface area contributed by atoms with Crippen LogP contribution in [0, 0.1) is 5.41 Å². The van der Waals surface area contributed by atoms with Gasteiger partial charge in [0.25, 0.3) is 0 Å². The number of nitrogens with zero attached hydrogens (tertiary/aromatic N) is 2. The van der Waals surface area contributed by atoms with Crippen molar-refractivity contribution in [3.63, 3.8) is 0 Å². The lowest BCUT2D eigenvalue weighted by Crippen LogP contribution is -2.39. The van der Waals surface area contributed by atoms with Crippen LogP contribution < -0.4 is 5.73 Å². The van der Waals surface area contributed by atoms with Crippen LogP contribution in [0.4, 0.5) is 0 Å². The smallest absolute Gasteiger partial charge is 0.0588 e. The predicted molar refractivity (Wildman–Crippen MR) is 70.4 cm³/mol. The summed E-state index contributed by atoms with van der Waals surface area (Å²) < 4.78 is 0. The quantitative estimate of drug-likeness (QED) is 0.870. The average Bonchev–Trinajstić information content (AvgIpc) is 2.28. The molecule has 0 aliphatic carbocycles. The largest absolute Gasteiger partial charge is 0.326 e. The van der Waals surface area contributed by atoms with Crippen molar-refractivity contribution in [2.45, 2.75) is 39.8 Å². The zero-order valence-electron chi connectivity index (χ0n) is 10.9. The number of nitrogens with two attached hydrogens (primary N) is 1. The van der Waals surface area contributed by atoms with Crippen LogP contribution in [-0.4, -0.2) is 23.0 Å². The minimum absolute atomic E-state index is 0.440. The maximum atomic E-state index is 5.75. The van der Waals surface area contributed by atoms with E-state index in [1.807, 2.05) is 12.3 Å². The van der Waals surface area contributed by atoms with Crippen LogP contribution >= 0.6 is 0 Å². The fourth-order valence-corrected chi connectivity index (χ4v) is 2.69. The maximum absolute atomic E-state index is 5.75. The van der Waals surface area contributed by atoms with E-state index in [0.717, 1.165) is 18.8 Å². The minimum atomic E-state index is 0.440. The first-order chi connectivity index (χ1) is 8.11. The van der Waals surface area contributed by atoms with Crippen LogP contribution in [-0.2, 0) is 13.1 Å². The van der Waals surface area contributed by atoms with E-state index in [-0.39, 0.29) is 0 Å². The second-order valence-corrected chi connectivity index (χ2v) is 5.79. The highest BCUT2D eigenvalue weighted by Gasteiger charge is 2.26. The van der Waals surface area contributed by atoms with Gasteiger partial charge in [-0.25, -0.2) is 0 Å². The summed E-state index contributed by atoms with van der Waals surface area (Å²) in [5, 5.41) is 0. The average molecular weight is 233 g/mol. The number of rotatable bonds is 3. The van der Waals surface area contributed by atoms with Crippen molar-refractivity contribution in [1.82, 2.24) is 9.88 Å². The van der Waals surface area contributed by atoms with Gasteiger partial charge >= 0.3 is 0 Å². The molecule has 0 spiro atoms. The Balaban J connectivity index is 2.05. The third kappa shape index (κ3) is 3.27. The summed E-state index contributed by atoms with van der Waals surface area (Å²) in [5.74, 6) is 0. The molecular formula is C14H23N3. The molecule has 3 heteroatoms. The van der Waals surface area contributed by atoms with E-state index in [9.17, 15) is 0 Å². The van der Waals surface area contributed by atoms with Gasteiger partial charge in [-0.05, 0) is 36.4 Å². The van der Waals surface area contributed by atoms with Gasteiger partial charge in [-0.1, -0.05) is 19.9 Å².